The van der Waals surface area contributed by atoms with E-state index < -0.39 is 21.6 Å². The molecular weight excluding hydrogens is 233 g/mol. The Hall–Kier alpha value is -1.43. The van der Waals surface area contributed by atoms with Crippen molar-refractivity contribution in [1.29, 1.82) is 0 Å². The molecule has 0 saturated heterocycles. The van der Waals surface area contributed by atoms with E-state index in [9.17, 15) is 17.6 Å². The second kappa shape index (κ2) is 5.07. The molecule has 1 aromatic carbocycles. The smallest absolute Gasteiger partial charge is 0.225 e. The summed E-state index contributed by atoms with van der Waals surface area (Å²) in [5.74, 6) is -1.12. The summed E-state index contributed by atoms with van der Waals surface area (Å²) in [5.41, 5.74) is 0.318. The molecule has 0 aliphatic heterocycles. The zero-order valence-electron chi connectivity index (χ0n) is 8.73. The molecule has 4 nitrogen and oxygen atoms in total. The van der Waals surface area contributed by atoms with Gasteiger partial charge in [-0.05, 0) is 18.2 Å². The number of halogens is 1. The molecular formula is C10H12FNO3S. The molecule has 1 rings (SSSR count). The summed E-state index contributed by atoms with van der Waals surface area (Å²) in [5, 5.41) is 2.41. The van der Waals surface area contributed by atoms with E-state index in [1.54, 1.807) is 0 Å². The average molecular weight is 245 g/mol. The second-order valence-electron chi connectivity index (χ2n) is 3.44. The van der Waals surface area contributed by atoms with Crippen LogP contribution in [-0.2, 0) is 14.6 Å². The topological polar surface area (TPSA) is 63.2 Å². The molecule has 1 N–H and O–H groups in total. The maximum atomic E-state index is 12.7. The van der Waals surface area contributed by atoms with Gasteiger partial charge in [-0.15, -0.1) is 0 Å². The van der Waals surface area contributed by atoms with Gasteiger partial charge in [-0.2, -0.15) is 0 Å². The van der Waals surface area contributed by atoms with Crippen LogP contribution in [0.4, 0.5) is 10.1 Å². The van der Waals surface area contributed by atoms with E-state index in [0.717, 1.165) is 6.26 Å². The van der Waals surface area contributed by atoms with Crippen molar-refractivity contribution in [3.05, 3.63) is 30.1 Å². The Morgan fingerprint density at radius 2 is 2.12 bits per heavy atom. The van der Waals surface area contributed by atoms with E-state index >= 15 is 0 Å². The van der Waals surface area contributed by atoms with Gasteiger partial charge >= 0.3 is 0 Å². The third kappa shape index (κ3) is 4.88. The number of carbonyl (C=O) groups is 1. The molecule has 6 heteroatoms. The molecule has 0 spiro atoms. The largest absolute Gasteiger partial charge is 0.326 e. The van der Waals surface area contributed by atoms with Crippen LogP contribution in [-0.4, -0.2) is 26.3 Å². The number of nitrogens with one attached hydrogen (secondary N) is 1. The SMILES string of the molecule is CS(=O)(=O)CCC(=O)Nc1cccc(F)c1. The first kappa shape index (κ1) is 12.6. The molecule has 0 saturated carbocycles. The van der Waals surface area contributed by atoms with Gasteiger partial charge in [-0.1, -0.05) is 6.07 Å². The normalized spacial score (nSPS) is 11.1. The van der Waals surface area contributed by atoms with Crippen LogP contribution in [0.15, 0.2) is 24.3 Å². The van der Waals surface area contributed by atoms with E-state index in [-0.39, 0.29) is 12.2 Å². The van der Waals surface area contributed by atoms with Crippen LogP contribution >= 0.6 is 0 Å². The number of hydrogen-bond acceptors (Lipinski definition) is 3. The molecule has 0 aliphatic rings. The van der Waals surface area contributed by atoms with Gasteiger partial charge in [0, 0.05) is 18.4 Å². The zero-order valence-corrected chi connectivity index (χ0v) is 9.55. The molecule has 0 heterocycles. The molecule has 0 atom stereocenters. The number of hydrogen-bond donors (Lipinski definition) is 1. The van der Waals surface area contributed by atoms with E-state index in [1.165, 1.54) is 24.3 Å². The van der Waals surface area contributed by atoms with Crippen molar-refractivity contribution in [2.75, 3.05) is 17.3 Å². The summed E-state index contributed by atoms with van der Waals surface area (Å²) in [6.07, 6.45) is 0.928. The number of sulfone groups is 1. The molecule has 1 amide bonds. The molecule has 1 aromatic rings. The maximum Gasteiger partial charge on any atom is 0.225 e. The number of carbonyl (C=O) groups excluding carboxylic acids is 1. The molecule has 16 heavy (non-hydrogen) atoms. The van der Waals surface area contributed by atoms with Crippen LogP contribution in [0, 0.1) is 5.82 Å². The lowest BCUT2D eigenvalue weighted by Crippen LogP contribution is -2.16. The summed E-state index contributed by atoms with van der Waals surface area (Å²) in [6, 6.07) is 5.41. The molecule has 0 bridgehead atoms. The Kier molecular flexibility index (Phi) is 4.00. The first-order chi connectivity index (χ1) is 7.37. The maximum absolute atomic E-state index is 12.7. The predicted octanol–water partition coefficient (Wildman–Crippen LogP) is 1.20. The Balaban J connectivity index is 2.52. The standard InChI is InChI=1S/C10H12FNO3S/c1-16(14,15)6-5-10(13)12-9-4-2-3-8(11)7-9/h2-4,7H,5-6H2,1H3,(H,12,13). The first-order valence-corrected chi connectivity index (χ1v) is 6.66. The highest BCUT2D eigenvalue weighted by molar-refractivity contribution is 7.90. The van der Waals surface area contributed by atoms with E-state index in [4.69, 9.17) is 0 Å². The zero-order chi connectivity index (χ0) is 12.2. The summed E-state index contributed by atoms with van der Waals surface area (Å²) in [4.78, 5) is 11.3. The van der Waals surface area contributed by atoms with Gasteiger partial charge in [0.05, 0.1) is 5.75 Å². The molecule has 0 fully saturated rings. The van der Waals surface area contributed by atoms with Gasteiger partial charge in [0.2, 0.25) is 5.91 Å². The van der Waals surface area contributed by atoms with Gasteiger partial charge in [0.1, 0.15) is 15.7 Å². The summed E-state index contributed by atoms with van der Waals surface area (Å²) in [7, 11) is -3.15. The highest BCUT2D eigenvalue weighted by Gasteiger charge is 2.08. The van der Waals surface area contributed by atoms with Crippen molar-refractivity contribution < 1.29 is 17.6 Å². The van der Waals surface area contributed by atoms with Crippen LogP contribution in [0.25, 0.3) is 0 Å². The van der Waals surface area contributed by atoms with Crippen molar-refractivity contribution >= 4 is 21.4 Å². The Morgan fingerprint density at radius 1 is 1.44 bits per heavy atom. The van der Waals surface area contributed by atoms with Crippen molar-refractivity contribution in [2.24, 2.45) is 0 Å². The van der Waals surface area contributed by atoms with Crippen molar-refractivity contribution in [3.63, 3.8) is 0 Å². The van der Waals surface area contributed by atoms with Gasteiger partial charge in [0.25, 0.3) is 0 Å². The monoisotopic (exact) mass is 245 g/mol. The van der Waals surface area contributed by atoms with Crippen LogP contribution in [0.2, 0.25) is 0 Å². The van der Waals surface area contributed by atoms with Crippen LogP contribution in [0.5, 0.6) is 0 Å². The van der Waals surface area contributed by atoms with Crippen LogP contribution < -0.4 is 5.32 Å². The Labute approximate surface area is 93.4 Å². The third-order valence-corrected chi connectivity index (χ3v) is 2.75. The summed E-state index contributed by atoms with van der Waals surface area (Å²) < 4.78 is 34.3. The number of benzene rings is 1. The van der Waals surface area contributed by atoms with Gasteiger partial charge < -0.3 is 5.32 Å². The Bertz CT molecular complexity index is 485. The lowest BCUT2D eigenvalue weighted by atomic mass is 10.3. The summed E-state index contributed by atoms with van der Waals surface area (Å²) >= 11 is 0. The minimum atomic E-state index is -3.15. The second-order valence-corrected chi connectivity index (χ2v) is 5.70. The predicted molar refractivity (Wildman–Crippen MR) is 59.4 cm³/mol. The average Bonchev–Trinajstić information content (AvgIpc) is 2.14. The van der Waals surface area contributed by atoms with Crippen molar-refractivity contribution in [3.8, 4) is 0 Å². The summed E-state index contributed by atoms with van der Waals surface area (Å²) in [6.45, 7) is 0. The third-order valence-electron chi connectivity index (χ3n) is 1.81. The highest BCUT2D eigenvalue weighted by Crippen LogP contribution is 2.09. The fourth-order valence-electron chi connectivity index (χ4n) is 1.07. The fourth-order valence-corrected chi connectivity index (χ4v) is 1.62. The van der Waals surface area contributed by atoms with Gasteiger partial charge in [-0.25, -0.2) is 12.8 Å². The molecule has 88 valence electrons. The minimum absolute atomic E-state index is 0.130. The Morgan fingerprint density at radius 3 is 2.69 bits per heavy atom. The first-order valence-electron chi connectivity index (χ1n) is 4.60. The quantitative estimate of drug-likeness (QED) is 0.867. The molecule has 0 aliphatic carbocycles. The van der Waals surface area contributed by atoms with Crippen molar-refractivity contribution in [1.82, 2.24) is 0 Å². The lowest BCUT2D eigenvalue weighted by Gasteiger charge is -2.04. The highest BCUT2D eigenvalue weighted by atomic mass is 32.2. The molecule has 0 radical (unpaired) electrons. The van der Waals surface area contributed by atoms with Crippen LogP contribution in [0.3, 0.4) is 0 Å². The lowest BCUT2D eigenvalue weighted by molar-refractivity contribution is -0.115. The van der Waals surface area contributed by atoms with E-state index in [1.807, 2.05) is 0 Å². The van der Waals surface area contributed by atoms with Crippen LogP contribution in [0.1, 0.15) is 6.42 Å². The number of rotatable bonds is 4. The number of anilines is 1. The minimum Gasteiger partial charge on any atom is -0.326 e. The fraction of sp³-hybridized carbons (Fsp3) is 0.300. The van der Waals surface area contributed by atoms with E-state index in [2.05, 4.69) is 5.32 Å². The molecule has 0 unspecified atom stereocenters. The van der Waals surface area contributed by atoms with E-state index in [0.29, 0.717) is 5.69 Å². The van der Waals surface area contributed by atoms with Gasteiger partial charge in [0.15, 0.2) is 0 Å². The molecule has 0 aromatic heterocycles. The number of amides is 1. The van der Waals surface area contributed by atoms with Gasteiger partial charge in [-0.3, -0.25) is 4.79 Å². The van der Waals surface area contributed by atoms with Crippen molar-refractivity contribution in [2.45, 2.75) is 6.42 Å².